The molecule has 1 fully saturated rings. The molecule has 0 unspecified atom stereocenters. The van der Waals surface area contributed by atoms with Gasteiger partial charge < -0.3 is 5.32 Å². The Morgan fingerprint density at radius 2 is 1.90 bits per heavy atom. The number of nitrogens with one attached hydrogen (secondary N) is 1. The number of nitro groups is 1. The van der Waals surface area contributed by atoms with Crippen LogP contribution in [-0.4, -0.2) is 43.1 Å². The smallest absolute Gasteiger partial charge is 0.269 e. The fourth-order valence-corrected chi connectivity index (χ4v) is 4.96. The van der Waals surface area contributed by atoms with E-state index in [4.69, 9.17) is 0 Å². The van der Waals surface area contributed by atoms with Gasteiger partial charge in [-0.05, 0) is 49.4 Å². The van der Waals surface area contributed by atoms with Crippen LogP contribution in [0.3, 0.4) is 0 Å². The maximum Gasteiger partial charge on any atom is 0.269 e. The third kappa shape index (κ3) is 4.85. The number of nitrogens with zero attached hydrogens (tertiary/aromatic N) is 2. The second kappa shape index (κ2) is 8.93. The average Bonchev–Trinajstić information content (AvgIpc) is 2.73. The molecule has 0 aromatic heterocycles. The fraction of sp³-hybridized carbons (Fsp3) is 0.381. The molecule has 1 saturated heterocycles. The molecule has 1 N–H and O–H groups in total. The van der Waals surface area contributed by atoms with Crippen LogP contribution in [0.2, 0.25) is 0 Å². The molecule has 2 aromatic carbocycles. The highest BCUT2D eigenvalue weighted by atomic mass is 32.2. The molecule has 0 amide bonds. The van der Waals surface area contributed by atoms with Gasteiger partial charge in [0.1, 0.15) is 0 Å². The van der Waals surface area contributed by atoms with E-state index in [1.54, 1.807) is 25.1 Å². The van der Waals surface area contributed by atoms with Crippen LogP contribution in [0.1, 0.15) is 35.7 Å². The lowest BCUT2D eigenvalue weighted by Gasteiger charge is -2.29. The predicted octanol–water partition coefficient (Wildman–Crippen LogP) is 3.62. The molecule has 160 valence electrons. The molecule has 8 nitrogen and oxygen atoms in total. The normalized spacial score (nSPS) is 15.7. The number of carbonyl (C=O) groups excluding carboxylic acids is 1. The summed E-state index contributed by atoms with van der Waals surface area (Å²) >= 11 is 0. The van der Waals surface area contributed by atoms with Crippen molar-refractivity contribution in [1.29, 1.82) is 0 Å². The van der Waals surface area contributed by atoms with Crippen molar-refractivity contribution in [1.82, 2.24) is 4.31 Å². The first-order chi connectivity index (χ1) is 14.2. The quantitative estimate of drug-likeness (QED) is 0.407. The highest BCUT2D eigenvalue weighted by Gasteiger charge is 2.28. The first-order valence-electron chi connectivity index (χ1n) is 9.81. The van der Waals surface area contributed by atoms with Crippen molar-refractivity contribution in [3.63, 3.8) is 0 Å². The molecule has 2 aromatic rings. The Balaban J connectivity index is 1.71. The summed E-state index contributed by atoms with van der Waals surface area (Å²) < 4.78 is 27.3. The Hall–Kier alpha value is -2.78. The molecule has 0 aliphatic carbocycles. The van der Waals surface area contributed by atoms with E-state index in [9.17, 15) is 23.3 Å². The molecular weight excluding hydrogens is 406 g/mol. The van der Waals surface area contributed by atoms with Crippen LogP contribution in [0.15, 0.2) is 47.4 Å². The molecule has 9 heteroatoms. The SMILES string of the molecule is Cc1cc([N+](=O)[O-])ccc1NCC(=O)c1cccc(S(=O)(=O)N2CCC(C)CC2)c1. The Kier molecular flexibility index (Phi) is 6.52. The van der Waals surface area contributed by atoms with Gasteiger partial charge in [-0.15, -0.1) is 0 Å². The minimum Gasteiger partial charge on any atom is -0.377 e. The first kappa shape index (κ1) is 21.9. The standard InChI is InChI=1S/C21H25N3O5S/c1-15-8-10-23(11-9-15)30(28,29)19-5-3-4-17(13-19)21(25)14-22-20-7-6-18(24(26)27)12-16(20)2/h3-7,12-13,15,22H,8-11,14H2,1-2H3. The fourth-order valence-electron chi connectivity index (χ4n) is 3.44. The van der Waals surface area contributed by atoms with Gasteiger partial charge in [0, 0.05) is 36.5 Å². The van der Waals surface area contributed by atoms with Gasteiger partial charge in [-0.2, -0.15) is 4.31 Å². The van der Waals surface area contributed by atoms with E-state index in [0.29, 0.717) is 35.8 Å². The molecule has 0 saturated carbocycles. The van der Waals surface area contributed by atoms with E-state index in [1.807, 2.05) is 0 Å². The molecule has 0 spiro atoms. The third-order valence-electron chi connectivity index (χ3n) is 5.40. The summed E-state index contributed by atoms with van der Waals surface area (Å²) in [7, 11) is -3.63. The number of piperidine rings is 1. The summed E-state index contributed by atoms with van der Waals surface area (Å²) in [5.41, 5.74) is 1.54. The van der Waals surface area contributed by atoms with Crippen molar-refractivity contribution < 1.29 is 18.1 Å². The lowest BCUT2D eigenvalue weighted by molar-refractivity contribution is -0.384. The van der Waals surface area contributed by atoms with Gasteiger partial charge in [0.15, 0.2) is 5.78 Å². The topological polar surface area (TPSA) is 110 Å². The first-order valence-corrected chi connectivity index (χ1v) is 11.2. The van der Waals surface area contributed by atoms with E-state index in [2.05, 4.69) is 12.2 Å². The number of nitro benzene ring substituents is 1. The number of ketones is 1. The summed E-state index contributed by atoms with van der Waals surface area (Å²) in [6, 6.07) is 10.4. The van der Waals surface area contributed by atoms with Crippen molar-refractivity contribution in [2.75, 3.05) is 25.0 Å². The van der Waals surface area contributed by atoms with Gasteiger partial charge in [-0.3, -0.25) is 14.9 Å². The number of sulfonamides is 1. The van der Waals surface area contributed by atoms with Crippen LogP contribution >= 0.6 is 0 Å². The van der Waals surface area contributed by atoms with Crippen LogP contribution in [0.4, 0.5) is 11.4 Å². The second-order valence-corrected chi connectivity index (χ2v) is 9.59. The minimum absolute atomic E-state index is 0.0191. The summed E-state index contributed by atoms with van der Waals surface area (Å²) in [4.78, 5) is 23.1. The average molecular weight is 432 g/mol. The number of hydrogen-bond donors (Lipinski definition) is 1. The molecule has 0 radical (unpaired) electrons. The number of hydrogen-bond acceptors (Lipinski definition) is 6. The summed E-state index contributed by atoms with van der Waals surface area (Å²) in [6.45, 7) is 4.75. The molecule has 1 aliphatic rings. The Labute approximate surface area is 176 Å². The van der Waals surface area contributed by atoms with Crippen molar-refractivity contribution in [3.05, 3.63) is 63.7 Å². The number of Topliss-reactive ketones (excluding diaryl/α,β-unsaturated/α-hetero) is 1. The van der Waals surface area contributed by atoms with Gasteiger partial charge >= 0.3 is 0 Å². The number of rotatable bonds is 7. The Morgan fingerprint density at radius 3 is 2.53 bits per heavy atom. The van der Waals surface area contributed by atoms with Gasteiger partial charge in [0.05, 0.1) is 16.4 Å². The number of benzene rings is 2. The molecule has 1 aliphatic heterocycles. The lowest BCUT2D eigenvalue weighted by Crippen LogP contribution is -2.37. The molecule has 0 atom stereocenters. The predicted molar refractivity (Wildman–Crippen MR) is 114 cm³/mol. The number of non-ortho nitro benzene ring substituents is 1. The van der Waals surface area contributed by atoms with Crippen LogP contribution in [-0.2, 0) is 10.0 Å². The number of aryl methyl sites for hydroxylation is 1. The van der Waals surface area contributed by atoms with E-state index < -0.39 is 14.9 Å². The summed E-state index contributed by atoms with van der Waals surface area (Å²) in [5, 5.41) is 13.8. The zero-order valence-corrected chi connectivity index (χ0v) is 17.8. The van der Waals surface area contributed by atoms with Crippen LogP contribution in [0, 0.1) is 23.0 Å². The maximum absolute atomic E-state index is 12.9. The molecule has 3 rings (SSSR count). The van der Waals surface area contributed by atoms with Crippen LogP contribution in [0.25, 0.3) is 0 Å². The monoisotopic (exact) mass is 431 g/mol. The summed E-state index contributed by atoms with van der Waals surface area (Å²) in [6.07, 6.45) is 1.66. The minimum atomic E-state index is -3.63. The van der Waals surface area contributed by atoms with E-state index in [1.165, 1.54) is 28.6 Å². The second-order valence-electron chi connectivity index (χ2n) is 7.65. The highest BCUT2D eigenvalue weighted by Crippen LogP contribution is 2.24. The largest absolute Gasteiger partial charge is 0.377 e. The molecule has 30 heavy (non-hydrogen) atoms. The number of anilines is 1. The summed E-state index contributed by atoms with van der Waals surface area (Å²) in [5.74, 6) is 0.246. The Bertz CT molecular complexity index is 1060. The third-order valence-corrected chi connectivity index (χ3v) is 7.29. The van der Waals surface area contributed by atoms with Gasteiger partial charge in [0.25, 0.3) is 5.69 Å². The van der Waals surface area contributed by atoms with E-state index in [0.717, 1.165) is 12.8 Å². The van der Waals surface area contributed by atoms with Crippen molar-refractivity contribution in [2.24, 2.45) is 5.92 Å². The highest BCUT2D eigenvalue weighted by molar-refractivity contribution is 7.89. The Morgan fingerprint density at radius 1 is 1.20 bits per heavy atom. The zero-order chi connectivity index (χ0) is 21.9. The van der Waals surface area contributed by atoms with Crippen LogP contribution < -0.4 is 5.32 Å². The van der Waals surface area contributed by atoms with Crippen LogP contribution in [0.5, 0.6) is 0 Å². The van der Waals surface area contributed by atoms with E-state index in [-0.39, 0.29) is 22.9 Å². The van der Waals surface area contributed by atoms with Gasteiger partial charge in [0.2, 0.25) is 10.0 Å². The van der Waals surface area contributed by atoms with Gasteiger partial charge in [-0.1, -0.05) is 19.1 Å². The maximum atomic E-state index is 12.9. The number of carbonyl (C=O) groups is 1. The van der Waals surface area contributed by atoms with E-state index >= 15 is 0 Å². The van der Waals surface area contributed by atoms with Crippen molar-refractivity contribution in [2.45, 2.75) is 31.6 Å². The molecular formula is C21H25N3O5S. The van der Waals surface area contributed by atoms with Crippen molar-refractivity contribution >= 4 is 27.2 Å². The van der Waals surface area contributed by atoms with Gasteiger partial charge in [-0.25, -0.2) is 8.42 Å². The zero-order valence-electron chi connectivity index (χ0n) is 17.0. The van der Waals surface area contributed by atoms with Crippen molar-refractivity contribution in [3.8, 4) is 0 Å². The lowest BCUT2D eigenvalue weighted by atomic mass is 10.0. The molecule has 0 bridgehead atoms. The molecule has 1 heterocycles.